The average molecular weight is 404 g/mol. The van der Waals surface area contributed by atoms with Crippen LogP contribution in [0, 0.1) is 0 Å². The van der Waals surface area contributed by atoms with E-state index in [1.165, 1.54) is 0 Å². The number of H-pyrrole nitrogens is 1. The molecule has 0 spiro atoms. The number of nitrogens with one attached hydrogen (secondary N) is 1. The predicted molar refractivity (Wildman–Crippen MR) is 119 cm³/mol. The van der Waals surface area contributed by atoms with E-state index in [2.05, 4.69) is 44.3 Å². The van der Waals surface area contributed by atoms with Crippen molar-refractivity contribution in [3.63, 3.8) is 0 Å². The van der Waals surface area contributed by atoms with E-state index in [1.807, 2.05) is 32.3 Å². The second-order valence-corrected chi connectivity index (χ2v) is 7.01. The Hall–Kier alpha value is -3.74. The van der Waals surface area contributed by atoms with Gasteiger partial charge in [-0.2, -0.15) is 5.10 Å². The van der Waals surface area contributed by atoms with Gasteiger partial charge in [-0.15, -0.1) is 0 Å². The molecule has 0 saturated carbocycles. The van der Waals surface area contributed by atoms with Crippen LogP contribution in [0.1, 0.15) is 0 Å². The number of benzene rings is 2. The maximum absolute atomic E-state index is 5.52. The number of hydrogen-bond donors (Lipinski definition) is 1. The highest BCUT2D eigenvalue weighted by molar-refractivity contribution is 6.02. The van der Waals surface area contributed by atoms with Gasteiger partial charge >= 0.3 is 0 Å². The van der Waals surface area contributed by atoms with E-state index < -0.39 is 0 Å². The van der Waals surface area contributed by atoms with Crippen LogP contribution in [0.4, 0.5) is 5.69 Å². The summed E-state index contributed by atoms with van der Waals surface area (Å²) in [5.41, 5.74) is 5.51. The highest BCUT2D eigenvalue weighted by Gasteiger charge is 2.19. The fraction of sp³-hybridized carbons (Fsp3) is 0.217. The van der Waals surface area contributed by atoms with Crippen LogP contribution in [0.2, 0.25) is 0 Å². The van der Waals surface area contributed by atoms with E-state index in [4.69, 9.17) is 14.2 Å². The molecule has 0 aliphatic carbocycles. The molecule has 2 aromatic carbocycles. The third-order valence-electron chi connectivity index (χ3n) is 5.07. The Bertz CT molecular complexity index is 1160. The molecule has 2 heterocycles. The van der Waals surface area contributed by atoms with Crippen LogP contribution in [-0.4, -0.2) is 50.6 Å². The van der Waals surface area contributed by atoms with Gasteiger partial charge in [0, 0.05) is 37.1 Å². The zero-order valence-corrected chi connectivity index (χ0v) is 17.7. The molecule has 30 heavy (non-hydrogen) atoms. The van der Waals surface area contributed by atoms with E-state index in [1.54, 1.807) is 27.5 Å². The molecule has 0 atom stereocenters. The Morgan fingerprint density at radius 1 is 0.800 bits per heavy atom. The van der Waals surface area contributed by atoms with Crippen molar-refractivity contribution in [3.8, 4) is 39.8 Å². The lowest BCUT2D eigenvalue weighted by atomic mass is 10.0. The van der Waals surface area contributed by atoms with Crippen LogP contribution in [-0.2, 0) is 0 Å². The maximum atomic E-state index is 5.52. The molecule has 0 aliphatic heterocycles. The van der Waals surface area contributed by atoms with Gasteiger partial charge in [-0.25, -0.2) is 0 Å². The van der Waals surface area contributed by atoms with Gasteiger partial charge in [-0.1, -0.05) is 12.1 Å². The highest BCUT2D eigenvalue weighted by atomic mass is 16.5. The monoisotopic (exact) mass is 404 g/mol. The van der Waals surface area contributed by atoms with Crippen LogP contribution in [0.3, 0.4) is 0 Å². The molecule has 154 valence electrons. The van der Waals surface area contributed by atoms with E-state index in [-0.39, 0.29) is 0 Å². The number of methoxy groups -OCH3 is 3. The number of nitrogens with zero attached hydrogens (tertiary/aromatic N) is 3. The van der Waals surface area contributed by atoms with Crippen molar-refractivity contribution in [2.75, 3.05) is 40.3 Å². The second-order valence-electron chi connectivity index (χ2n) is 7.01. The lowest BCUT2D eigenvalue weighted by molar-refractivity contribution is 0.324. The number of fused-ring (bicyclic) bond motifs is 1. The third-order valence-corrected chi connectivity index (χ3v) is 5.07. The van der Waals surface area contributed by atoms with Gasteiger partial charge in [0.2, 0.25) is 5.75 Å². The van der Waals surface area contributed by atoms with Gasteiger partial charge in [0.15, 0.2) is 11.5 Å². The van der Waals surface area contributed by atoms with Gasteiger partial charge in [-0.3, -0.25) is 10.1 Å². The molecule has 7 nitrogen and oxygen atoms in total. The quantitative estimate of drug-likeness (QED) is 0.514. The first kappa shape index (κ1) is 19.6. The topological polar surface area (TPSA) is 72.5 Å². The molecule has 4 aromatic rings. The molecule has 4 rings (SSSR count). The minimum absolute atomic E-state index is 0.543. The molecule has 0 amide bonds. The minimum Gasteiger partial charge on any atom is -0.493 e. The molecular weight excluding hydrogens is 380 g/mol. The number of anilines is 1. The number of aromatic amines is 1. The number of pyridine rings is 1. The van der Waals surface area contributed by atoms with Crippen molar-refractivity contribution in [2.24, 2.45) is 0 Å². The van der Waals surface area contributed by atoms with Crippen molar-refractivity contribution in [1.29, 1.82) is 0 Å². The zero-order chi connectivity index (χ0) is 21.3. The maximum Gasteiger partial charge on any atom is 0.203 e. The highest BCUT2D eigenvalue weighted by Crippen LogP contribution is 2.43. The fourth-order valence-corrected chi connectivity index (χ4v) is 3.53. The van der Waals surface area contributed by atoms with E-state index in [9.17, 15) is 0 Å². The Morgan fingerprint density at radius 2 is 1.47 bits per heavy atom. The van der Waals surface area contributed by atoms with E-state index >= 15 is 0 Å². The molecule has 0 bridgehead atoms. The molecule has 1 N–H and O–H groups in total. The Morgan fingerprint density at radius 3 is 2.03 bits per heavy atom. The molecule has 7 heteroatoms. The first-order valence-corrected chi connectivity index (χ1v) is 9.48. The van der Waals surface area contributed by atoms with Crippen molar-refractivity contribution in [2.45, 2.75) is 0 Å². The summed E-state index contributed by atoms with van der Waals surface area (Å²) in [6.07, 6.45) is 1.79. The summed E-state index contributed by atoms with van der Waals surface area (Å²) in [7, 11) is 8.83. The Balaban J connectivity index is 1.92. The van der Waals surface area contributed by atoms with Crippen molar-refractivity contribution in [1.82, 2.24) is 15.2 Å². The normalized spacial score (nSPS) is 10.8. The first-order chi connectivity index (χ1) is 14.6. The molecule has 0 aliphatic rings. The first-order valence-electron chi connectivity index (χ1n) is 9.48. The van der Waals surface area contributed by atoms with Crippen LogP contribution >= 0.6 is 0 Å². The SMILES string of the molecule is COc1cc(-c2n[nH]c3ccnc(-c4ccc(N(C)C)cc4)c23)cc(OC)c1OC. The number of ether oxygens (including phenoxy) is 3. The van der Waals surface area contributed by atoms with Crippen LogP contribution in [0.5, 0.6) is 17.2 Å². The van der Waals surface area contributed by atoms with Gasteiger partial charge in [0.1, 0.15) is 5.69 Å². The van der Waals surface area contributed by atoms with E-state index in [0.717, 1.165) is 39.1 Å². The van der Waals surface area contributed by atoms with Gasteiger partial charge in [0.25, 0.3) is 0 Å². The molecule has 0 fully saturated rings. The predicted octanol–water partition coefficient (Wildman–Crippen LogP) is 4.38. The van der Waals surface area contributed by atoms with Crippen LogP contribution in [0.25, 0.3) is 33.4 Å². The smallest absolute Gasteiger partial charge is 0.203 e. The molecular formula is C23H24N4O3. The number of hydrogen-bond acceptors (Lipinski definition) is 6. The summed E-state index contributed by atoms with van der Waals surface area (Å²) in [5.74, 6) is 1.69. The van der Waals surface area contributed by atoms with Crippen LogP contribution < -0.4 is 19.1 Å². The number of aromatic nitrogens is 3. The summed E-state index contributed by atoms with van der Waals surface area (Å²) in [6.45, 7) is 0. The van der Waals surface area contributed by atoms with Gasteiger partial charge in [-0.05, 0) is 30.3 Å². The van der Waals surface area contributed by atoms with Crippen molar-refractivity contribution in [3.05, 3.63) is 48.7 Å². The minimum atomic E-state index is 0.543. The summed E-state index contributed by atoms with van der Waals surface area (Å²) in [4.78, 5) is 6.73. The molecule has 2 aromatic heterocycles. The van der Waals surface area contributed by atoms with Gasteiger partial charge in [0.05, 0.1) is 37.9 Å². The zero-order valence-electron chi connectivity index (χ0n) is 17.7. The van der Waals surface area contributed by atoms with Gasteiger partial charge < -0.3 is 19.1 Å². The fourth-order valence-electron chi connectivity index (χ4n) is 3.53. The lowest BCUT2D eigenvalue weighted by Gasteiger charge is -2.14. The largest absolute Gasteiger partial charge is 0.493 e. The molecule has 0 saturated heterocycles. The summed E-state index contributed by atoms with van der Waals surface area (Å²) >= 11 is 0. The summed E-state index contributed by atoms with van der Waals surface area (Å²) in [5, 5.41) is 8.63. The Kier molecular flexibility index (Phi) is 5.18. The standard InChI is InChI=1S/C23H24N4O3/c1-27(2)16-8-6-14(7-9-16)21-20-17(10-11-24-21)25-26-22(20)15-12-18(28-3)23(30-5)19(13-15)29-4/h6-13H,1-5H3,(H,25,26). The number of rotatable bonds is 6. The third kappa shape index (κ3) is 3.28. The molecule has 0 radical (unpaired) electrons. The second kappa shape index (κ2) is 7.94. The average Bonchev–Trinajstić information content (AvgIpc) is 3.22. The summed E-state index contributed by atoms with van der Waals surface area (Å²) in [6, 6.07) is 14.0. The Labute approximate surface area is 175 Å². The van der Waals surface area contributed by atoms with Crippen molar-refractivity contribution < 1.29 is 14.2 Å². The lowest BCUT2D eigenvalue weighted by Crippen LogP contribution is -2.07. The van der Waals surface area contributed by atoms with Crippen molar-refractivity contribution >= 4 is 16.6 Å². The van der Waals surface area contributed by atoms with Crippen LogP contribution in [0.15, 0.2) is 48.7 Å². The summed E-state index contributed by atoms with van der Waals surface area (Å²) < 4.78 is 16.5. The van der Waals surface area contributed by atoms with E-state index in [0.29, 0.717) is 17.2 Å². The molecule has 0 unspecified atom stereocenters.